The quantitative estimate of drug-likeness (QED) is 0.731. The first-order valence-corrected chi connectivity index (χ1v) is 7.19. The molecule has 1 atom stereocenters. The molecule has 7 nitrogen and oxygen atoms in total. The van der Waals surface area contributed by atoms with Gasteiger partial charge in [-0.05, 0) is 18.8 Å². The van der Waals surface area contributed by atoms with E-state index in [1.165, 1.54) is 0 Å². The molecule has 0 aliphatic carbocycles. The molecule has 0 aromatic carbocycles. The Bertz CT molecular complexity index is 356. The van der Waals surface area contributed by atoms with Gasteiger partial charge in [0.25, 0.3) is 0 Å². The monoisotopic (exact) mass is 285 g/mol. The second-order valence-electron chi connectivity index (χ2n) is 5.58. The molecule has 2 rings (SSSR count). The highest BCUT2D eigenvalue weighted by Gasteiger charge is 2.29. The first kappa shape index (κ1) is 15.1. The predicted molar refractivity (Wildman–Crippen MR) is 72.4 cm³/mol. The summed E-state index contributed by atoms with van der Waals surface area (Å²) in [5.41, 5.74) is 0. The molecular weight excluding hydrogens is 262 g/mol. The first-order chi connectivity index (χ1) is 9.60. The van der Waals surface area contributed by atoms with Gasteiger partial charge in [-0.1, -0.05) is 0 Å². The minimum Gasteiger partial charge on any atom is -0.480 e. The molecule has 2 heterocycles. The van der Waals surface area contributed by atoms with Crippen molar-refractivity contribution in [1.82, 2.24) is 14.7 Å². The second-order valence-corrected chi connectivity index (χ2v) is 5.58. The largest absolute Gasteiger partial charge is 0.480 e. The van der Waals surface area contributed by atoms with E-state index in [0.717, 1.165) is 19.4 Å². The van der Waals surface area contributed by atoms with Crippen LogP contribution in [-0.4, -0.2) is 89.3 Å². The molecule has 1 unspecified atom stereocenters. The van der Waals surface area contributed by atoms with E-state index in [1.807, 2.05) is 9.80 Å². The Morgan fingerprint density at radius 3 is 2.35 bits per heavy atom. The maximum absolute atomic E-state index is 12.4. The summed E-state index contributed by atoms with van der Waals surface area (Å²) in [6.45, 7) is 3.92. The minimum atomic E-state index is -0.827. The van der Waals surface area contributed by atoms with Crippen LogP contribution in [0, 0.1) is 5.92 Å². The van der Waals surface area contributed by atoms with E-state index in [-0.39, 0.29) is 25.1 Å². The third-order valence-electron chi connectivity index (χ3n) is 4.05. The second kappa shape index (κ2) is 6.90. The van der Waals surface area contributed by atoms with E-state index in [4.69, 9.17) is 5.11 Å². The lowest BCUT2D eigenvalue weighted by molar-refractivity contribution is -0.138. The molecule has 114 valence electrons. The van der Waals surface area contributed by atoms with Gasteiger partial charge in [0.05, 0.1) is 6.54 Å². The summed E-state index contributed by atoms with van der Waals surface area (Å²) >= 11 is 0. The standard InChI is InChI=1S/C13H23N3O4/c17-10-11-2-1-3-16(8-11)13(20)15-6-4-14(5-7-15)9-12(18)19/h11,17H,1-10H2,(H,18,19). The number of piperidine rings is 1. The average molecular weight is 285 g/mol. The van der Waals surface area contributed by atoms with Crippen molar-refractivity contribution >= 4 is 12.0 Å². The number of nitrogens with zero attached hydrogens (tertiary/aromatic N) is 3. The van der Waals surface area contributed by atoms with Crippen molar-refractivity contribution in [3.63, 3.8) is 0 Å². The SMILES string of the molecule is O=C(O)CN1CCN(C(=O)N2CCCC(CO)C2)CC1. The van der Waals surface area contributed by atoms with Crippen molar-refractivity contribution in [3.8, 4) is 0 Å². The number of piperazine rings is 1. The van der Waals surface area contributed by atoms with E-state index in [0.29, 0.717) is 32.7 Å². The van der Waals surface area contributed by atoms with Crippen molar-refractivity contribution in [2.45, 2.75) is 12.8 Å². The molecular formula is C13H23N3O4. The predicted octanol–water partition coefficient (Wildman–Crippen LogP) is -0.487. The Labute approximate surface area is 118 Å². The fourth-order valence-electron chi connectivity index (χ4n) is 2.88. The van der Waals surface area contributed by atoms with Gasteiger partial charge in [-0.2, -0.15) is 0 Å². The van der Waals surface area contributed by atoms with Crippen molar-refractivity contribution in [1.29, 1.82) is 0 Å². The van der Waals surface area contributed by atoms with Gasteiger partial charge in [0.15, 0.2) is 0 Å². The zero-order chi connectivity index (χ0) is 14.5. The van der Waals surface area contributed by atoms with Gasteiger partial charge in [-0.3, -0.25) is 9.69 Å². The molecule has 0 spiro atoms. The first-order valence-electron chi connectivity index (χ1n) is 7.19. The number of rotatable bonds is 3. The molecule has 0 bridgehead atoms. The molecule has 0 saturated carbocycles. The maximum atomic E-state index is 12.4. The molecule has 2 N–H and O–H groups in total. The number of hydrogen-bond donors (Lipinski definition) is 2. The van der Waals surface area contributed by atoms with Gasteiger partial charge in [0, 0.05) is 45.9 Å². The van der Waals surface area contributed by atoms with Gasteiger partial charge in [0.1, 0.15) is 0 Å². The molecule has 2 fully saturated rings. The number of aliphatic hydroxyl groups is 1. The highest BCUT2D eigenvalue weighted by Crippen LogP contribution is 2.17. The zero-order valence-corrected chi connectivity index (χ0v) is 11.7. The third kappa shape index (κ3) is 3.83. The highest BCUT2D eigenvalue weighted by molar-refractivity contribution is 5.75. The Morgan fingerprint density at radius 2 is 1.75 bits per heavy atom. The number of hydrogen-bond acceptors (Lipinski definition) is 4. The van der Waals surface area contributed by atoms with Gasteiger partial charge < -0.3 is 20.0 Å². The fourth-order valence-corrected chi connectivity index (χ4v) is 2.88. The highest BCUT2D eigenvalue weighted by atomic mass is 16.4. The summed E-state index contributed by atoms with van der Waals surface area (Å²) in [6, 6.07) is 0.0260. The van der Waals surface area contributed by atoms with Crippen molar-refractivity contribution < 1.29 is 19.8 Å². The van der Waals surface area contributed by atoms with Crippen LogP contribution in [0.15, 0.2) is 0 Å². The number of urea groups is 1. The maximum Gasteiger partial charge on any atom is 0.320 e. The number of carboxylic acid groups (broad SMARTS) is 1. The summed E-state index contributed by atoms with van der Waals surface area (Å²) in [5, 5.41) is 18.0. The molecule has 0 aromatic rings. The number of carbonyl (C=O) groups is 2. The van der Waals surface area contributed by atoms with Crippen LogP contribution in [0.1, 0.15) is 12.8 Å². The van der Waals surface area contributed by atoms with Gasteiger partial charge in [-0.25, -0.2) is 4.79 Å². The molecule has 2 aliphatic heterocycles. The summed E-state index contributed by atoms with van der Waals surface area (Å²) in [6.07, 6.45) is 1.92. The van der Waals surface area contributed by atoms with E-state index >= 15 is 0 Å². The molecule has 7 heteroatoms. The summed E-state index contributed by atoms with van der Waals surface area (Å²) < 4.78 is 0. The molecule has 0 aromatic heterocycles. The van der Waals surface area contributed by atoms with Crippen LogP contribution >= 0.6 is 0 Å². The number of amides is 2. The van der Waals surface area contributed by atoms with Gasteiger partial charge in [-0.15, -0.1) is 0 Å². The third-order valence-corrected chi connectivity index (χ3v) is 4.05. The van der Waals surface area contributed by atoms with Crippen LogP contribution in [0.4, 0.5) is 4.79 Å². The van der Waals surface area contributed by atoms with Crippen LogP contribution in [0.3, 0.4) is 0 Å². The van der Waals surface area contributed by atoms with Crippen LogP contribution in [0.5, 0.6) is 0 Å². The summed E-state index contributed by atoms with van der Waals surface area (Å²) in [7, 11) is 0. The van der Waals surface area contributed by atoms with Crippen molar-refractivity contribution in [2.75, 3.05) is 52.4 Å². The molecule has 0 radical (unpaired) electrons. The molecule has 2 aliphatic rings. The van der Waals surface area contributed by atoms with E-state index in [2.05, 4.69) is 0 Å². The fraction of sp³-hybridized carbons (Fsp3) is 0.846. The van der Waals surface area contributed by atoms with Crippen molar-refractivity contribution in [3.05, 3.63) is 0 Å². The van der Waals surface area contributed by atoms with E-state index < -0.39 is 5.97 Å². The lowest BCUT2D eigenvalue weighted by atomic mass is 9.99. The van der Waals surface area contributed by atoms with Crippen LogP contribution < -0.4 is 0 Å². The van der Waals surface area contributed by atoms with Gasteiger partial charge in [0.2, 0.25) is 0 Å². The summed E-state index contributed by atoms with van der Waals surface area (Å²) in [4.78, 5) is 28.5. The molecule has 2 saturated heterocycles. The number of aliphatic carboxylic acids is 1. The van der Waals surface area contributed by atoms with E-state index in [9.17, 15) is 14.7 Å². The Hall–Kier alpha value is -1.34. The Balaban J connectivity index is 1.80. The van der Waals surface area contributed by atoms with Crippen LogP contribution in [0.2, 0.25) is 0 Å². The van der Waals surface area contributed by atoms with Crippen LogP contribution in [-0.2, 0) is 4.79 Å². The van der Waals surface area contributed by atoms with Gasteiger partial charge >= 0.3 is 12.0 Å². The number of carbonyl (C=O) groups excluding carboxylic acids is 1. The number of aliphatic hydroxyl groups excluding tert-OH is 1. The number of likely N-dealkylation sites (tertiary alicyclic amines) is 1. The number of carboxylic acids is 1. The minimum absolute atomic E-state index is 0.0260. The lowest BCUT2D eigenvalue weighted by Gasteiger charge is -2.39. The Kier molecular flexibility index (Phi) is 5.19. The molecule has 20 heavy (non-hydrogen) atoms. The van der Waals surface area contributed by atoms with E-state index in [1.54, 1.807) is 4.90 Å². The smallest absolute Gasteiger partial charge is 0.320 e. The zero-order valence-electron chi connectivity index (χ0n) is 11.7. The normalized spacial score (nSPS) is 24.8. The lowest BCUT2D eigenvalue weighted by Crippen LogP contribution is -2.55. The average Bonchev–Trinajstić information content (AvgIpc) is 2.47. The Morgan fingerprint density at radius 1 is 1.05 bits per heavy atom. The summed E-state index contributed by atoms with van der Waals surface area (Å²) in [5.74, 6) is -0.632. The van der Waals surface area contributed by atoms with Crippen molar-refractivity contribution in [2.24, 2.45) is 5.92 Å². The topological polar surface area (TPSA) is 84.3 Å². The molecule has 2 amide bonds. The van der Waals surface area contributed by atoms with Crippen LogP contribution in [0.25, 0.3) is 0 Å².